The number of hydrogen-bond acceptors (Lipinski definition) is 5. The van der Waals surface area contributed by atoms with Crippen molar-refractivity contribution in [3.05, 3.63) is 78.5 Å². The SMILES string of the molecule is C/C=C/C(C)=C/Nc1cnc(-c2cccc(C(=O)N(C)C)c2)cn1.CC/C=C/OC. The number of aromatic nitrogens is 2. The number of anilines is 1. The van der Waals surface area contributed by atoms with Gasteiger partial charge in [0, 0.05) is 31.4 Å². The molecular weight excluding hydrogens is 376 g/mol. The first-order valence-corrected chi connectivity index (χ1v) is 9.80. The molecule has 0 radical (unpaired) electrons. The van der Waals surface area contributed by atoms with Gasteiger partial charge in [0.25, 0.3) is 5.91 Å². The van der Waals surface area contributed by atoms with Crippen molar-refractivity contribution in [1.29, 1.82) is 0 Å². The van der Waals surface area contributed by atoms with Crippen LogP contribution < -0.4 is 5.32 Å². The van der Waals surface area contributed by atoms with E-state index in [0.29, 0.717) is 11.4 Å². The van der Waals surface area contributed by atoms with Gasteiger partial charge in [-0.1, -0.05) is 37.3 Å². The van der Waals surface area contributed by atoms with Gasteiger partial charge in [-0.25, -0.2) is 4.98 Å². The quantitative estimate of drug-likeness (QED) is 0.498. The van der Waals surface area contributed by atoms with E-state index in [1.165, 1.54) is 0 Å². The van der Waals surface area contributed by atoms with Crippen molar-refractivity contribution in [1.82, 2.24) is 14.9 Å². The second-order valence-electron chi connectivity index (χ2n) is 6.62. The van der Waals surface area contributed by atoms with E-state index in [2.05, 4.69) is 26.9 Å². The van der Waals surface area contributed by atoms with Crippen LogP contribution in [0.2, 0.25) is 0 Å². The van der Waals surface area contributed by atoms with Gasteiger partial charge < -0.3 is 15.0 Å². The Bertz CT molecular complexity index is 863. The lowest BCUT2D eigenvalue weighted by Gasteiger charge is -2.11. The fourth-order valence-corrected chi connectivity index (χ4v) is 2.31. The summed E-state index contributed by atoms with van der Waals surface area (Å²) >= 11 is 0. The van der Waals surface area contributed by atoms with Crippen molar-refractivity contribution in [2.75, 3.05) is 26.5 Å². The zero-order valence-electron chi connectivity index (χ0n) is 18.7. The smallest absolute Gasteiger partial charge is 0.253 e. The van der Waals surface area contributed by atoms with Crippen LogP contribution >= 0.6 is 0 Å². The Morgan fingerprint density at radius 3 is 2.53 bits per heavy atom. The predicted molar refractivity (Wildman–Crippen MR) is 124 cm³/mol. The molecule has 6 nitrogen and oxygen atoms in total. The summed E-state index contributed by atoms with van der Waals surface area (Å²) in [6.07, 6.45) is 13.9. The van der Waals surface area contributed by atoms with Gasteiger partial charge in [0.1, 0.15) is 5.82 Å². The Morgan fingerprint density at radius 2 is 2.00 bits per heavy atom. The third-order valence-electron chi connectivity index (χ3n) is 3.81. The number of rotatable bonds is 7. The van der Waals surface area contributed by atoms with Crippen molar-refractivity contribution in [3.63, 3.8) is 0 Å². The maximum absolute atomic E-state index is 12.1. The van der Waals surface area contributed by atoms with Crippen molar-refractivity contribution in [3.8, 4) is 11.3 Å². The molecule has 2 rings (SSSR count). The summed E-state index contributed by atoms with van der Waals surface area (Å²) in [5, 5.41) is 3.10. The van der Waals surface area contributed by atoms with E-state index < -0.39 is 0 Å². The van der Waals surface area contributed by atoms with Gasteiger partial charge in [-0.15, -0.1) is 0 Å². The highest BCUT2D eigenvalue weighted by Crippen LogP contribution is 2.19. The Labute approximate surface area is 180 Å². The molecule has 0 bridgehead atoms. The molecule has 0 saturated heterocycles. The predicted octanol–water partition coefficient (Wildman–Crippen LogP) is 5.29. The monoisotopic (exact) mass is 408 g/mol. The molecule has 0 saturated carbocycles. The minimum atomic E-state index is -0.0345. The molecule has 1 heterocycles. The van der Waals surface area contributed by atoms with Gasteiger partial charge in [-0.2, -0.15) is 0 Å². The average Bonchev–Trinajstić information content (AvgIpc) is 2.76. The molecule has 0 spiro atoms. The van der Waals surface area contributed by atoms with Gasteiger partial charge in [0.2, 0.25) is 0 Å². The molecule has 1 aromatic carbocycles. The number of allylic oxidation sites excluding steroid dienone is 4. The van der Waals surface area contributed by atoms with Crippen LogP contribution in [0, 0.1) is 0 Å². The lowest BCUT2D eigenvalue weighted by Crippen LogP contribution is -2.21. The van der Waals surface area contributed by atoms with Crippen LogP contribution in [0.5, 0.6) is 0 Å². The summed E-state index contributed by atoms with van der Waals surface area (Å²) in [4.78, 5) is 22.4. The summed E-state index contributed by atoms with van der Waals surface area (Å²) in [5.74, 6) is 0.635. The normalized spacial score (nSPS) is 11.2. The van der Waals surface area contributed by atoms with Crippen molar-refractivity contribution >= 4 is 11.7 Å². The van der Waals surface area contributed by atoms with Gasteiger partial charge in [0.05, 0.1) is 31.5 Å². The number of benzene rings is 1. The number of carbonyl (C=O) groups is 1. The van der Waals surface area contributed by atoms with Gasteiger partial charge in [0.15, 0.2) is 0 Å². The van der Waals surface area contributed by atoms with Crippen LogP contribution in [0.1, 0.15) is 37.6 Å². The first kappa shape index (κ1) is 24.6. The lowest BCUT2D eigenvalue weighted by molar-refractivity contribution is 0.0827. The van der Waals surface area contributed by atoms with E-state index in [1.54, 1.807) is 50.8 Å². The van der Waals surface area contributed by atoms with E-state index in [4.69, 9.17) is 0 Å². The highest BCUT2D eigenvalue weighted by Gasteiger charge is 2.09. The van der Waals surface area contributed by atoms with E-state index in [0.717, 1.165) is 23.3 Å². The van der Waals surface area contributed by atoms with Crippen molar-refractivity contribution in [2.45, 2.75) is 27.2 Å². The van der Waals surface area contributed by atoms with Crippen LogP contribution in [0.25, 0.3) is 11.3 Å². The van der Waals surface area contributed by atoms with Gasteiger partial charge in [-0.3, -0.25) is 9.78 Å². The fourth-order valence-electron chi connectivity index (χ4n) is 2.31. The van der Waals surface area contributed by atoms with Crippen LogP contribution in [0.15, 0.2) is 72.9 Å². The van der Waals surface area contributed by atoms with E-state index in [9.17, 15) is 4.79 Å². The third kappa shape index (κ3) is 8.73. The first-order valence-electron chi connectivity index (χ1n) is 9.80. The third-order valence-corrected chi connectivity index (χ3v) is 3.81. The molecule has 0 fully saturated rings. The molecule has 0 unspecified atom stereocenters. The summed E-state index contributed by atoms with van der Waals surface area (Å²) in [6.45, 7) is 6.04. The van der Waals surface area contributed by atoms with Crippen LogP contribution in [-0.2, 0) is 4.74 Å². The molecule has 1 aromatic heterocycles. The molecule has 2 aromatic rings. The molecule has 6 heteroatoms. The molecule has 1 amide bonds. The minimum absolute atomic E-state index is 0.0345. The number of nitrogens with one attached hydrogen (secondary N) is 1. The molecule has 0 aliphatic rings. The van der Waals surface area contributed by atoms with Crippen LogP contribution in [-0.4, -0.2) is 42.0 Å². The van der Waals surface area contributed by atoms with E-state index in [-0.39, 0.29) is 5.91 Å². The Morgan fingerprint density at radius 1 is 1.23 bits per heavy atom. The van der Waals surface area contributed by atoms with Crippen LogP contribution in [0.4, 0.5) is 5.82 Å². The largest absolute Gasteiger partial charge is 0.505 e. The number of hydrogen-bond donors (Lipinski definition) is 1. The molecule has 0 atom stereocenters. The standard InChI is InChI=1S/C19H22N4O.C5H10O/c1-5-7-14(2)11-21-18-13-20-17(12-22-18)15-8-6-9-16(10-15)19(24)23(3)4;1-3-4-5-6-2/h5-13H,1-4H3,(H,21,22);4-5H,3H2,1-2H3/b7-5+,14-11+;5-4+. The number of amides is 1. The molecule has 30 heavy (non-hydrogen) atoms. The van der Waals surface area contributed by atoms with Gasteiger partial charge in [-0.05, 0) is 38.0 Å². The zero-order chi connectivity index (χ0) is 22.4. The topological polar surface area (TPSA) is 67.4 Å². The second-order valence-corrected chi connectivity index (χ2v) is 6.62. The Balaban J connectivity index is 0.000000656. The van der Waals surface area contributed by atoms with E-state index >= 15 is 0 Å². The minimum Gasteiger partial charge on any atom is -0.505 e. The number of nitrogens with zero attached hydrogens (tertiary/aromatic N) is 3. The average molecular weight is 409 g/mol. The summed E-state index contributed by atoms with van der Waals surface area (Å²) < 4.78 is 4.60. The van der Waals surface area contributed by atoms with E-state index in [1.807, 2.05) is 56.5 Å². The second kappa shape index (κ2) is 13.7. The Hall–Kier alpha value is -3.41. The van der Waals surface area contributed by atoms with Gasteiger partial charge >= 0.3 is 0 Å². The number of methoxy groups -OCH3 is 1. The first-order chi connectivity index (χ1) is 14.4. The number of carbonyl (C=O) groups excluding carboxylic acids is 1. The maximum atomic E-state index is 12.1. The van der Waals surface area contributed by atoms with Crippen molar-refractivity contribution < 1.29 is 9.53 Å². The Kier molecular flexibility index (Phi) is 11.3. The number of ether oxygens (including phenoxy) is 1. The molecule has 160 valence electrons. The summed E-state index contributed by atoms with van der Waals surface area (Å²) in [7, 11) is 5.11. The molecule has 0 aliphatic carbocycles. The molecule has 0 aliphatic heterocycles. The highest BCUT2D eigenvalue weighted by atomic mass is 16.5. The molecular formula is C24H32N4O2. The van der Waals surface area contributed by atoms with Crippen LogP contribution in [0.3, 0.4) is 0 Å². The highest BCUT2D eigenvalue weighted by molar-refractivity contribution is 5.95. The van der Waals surface area contributed by atoms with Crippen molar-refractivity contribution in [2.24, 2.45) is 0 Å². The fraction of sp³-hybridized carbons (Fsp3) is 0.292. The molecule has 1 N–H and O–H groups in total. The maximum Gasteiger partial charge on any atom is 0.253 e. The summed E-state index contributed by atoms with van der Waals surface area (Å²) in [6, 6.07) is 7.39. The zero-order valence-corrected chi connectivity index (χ0v) is 18.7. The summed E-state index contributed by atoms with van der Waals surface area (Å²) in [5.41, 5.74) is 3.31. The lowest BCUT2D eigenvalue weighted by atomic mass is 10.1.